The largest absolute Gasteiger partial charge is 0.305 e. The molecular formula is C16H16ClN3S2. The second-order valence-electron chi connectivity index (χ2n) is 5.11. The predicted octanol–water partition coefficient (Wildman–Crippen LogP) is 5.11. The fourth-order valence-corrected chi connectivity index (χ4v) is 3.99. The lowest BCUT2D eigenvalue weighted by Crippen LogP contribution is -1.95. The van der Waals surface area contributed by atoms with Gasteiger partial charge in [-0.05, 0) is 37.1 Å². The Morgan fingerprint density at radius 1 is 1.18 bits per heavy atom. The summed E-state index contributed by atoms with van der Waals surface area (Å²) in [6.07, 6.45) is 0. The number of rotatable bonds is 4. The van der Waals surface area contributed by atoms with Crippen LogP contribution in [-0.4, -0.2) is 14.8 Å². The maximum atomic E-state index is 5.91. The van der Waals surface area contributed by atoms with E-state index in [1.54, 1.807) is 23.1 Å². The molecule has 0 fully saturated rings. The average Bonchev–Trinajstić information content (AvgIpc) is 3.03. The predicted molar refractivity (Wildman–Crippen MR) is 94.8 cm³/mol. The maximum absolute atomic E-state index is 5.91. The van der Waals surface area contributed by atoms with Crippen LogP contribution in [0.3, 0.4) is 0 Å². The standard InChI is InChI=1S/C16H16ClN3S2/c1-10-11(2)21-9-14(10)15-18-19-16(20(15)3)22-8-12-4-6-13(17)7-5-12/h4-7,9H,8H2,1-3H3. The minimum absolute atomic E-state index is 0.762. The SMILES string of the molecule is Cc1scc(-c2nnc(SCc3ccc(Cl)cc3)n2C)c1C. The van der Waals surface area contributed by atoms with Crippen LogP contribution in [0.25, 0.3) is 11.4 Å². The van der Waals surface area contributed by atoms with Crippen LogP contribution in [-0.2, 0) is 12.8 Å². The van der Waals surface area contributed by atoms with Crippen molar-refractivity contribution < 1.29 is 0 Å². The molecule has 0 saturated carbocycles. The van der Waals surface area contributed by atoms with E-state index in [-0.39, 0.29) is 0 Å². The van der Waals surface area contributed by atoms with E-state index in [9.17, 15) is 0 Å². The van der Waals surface area contributed by atoms with Gasteiger partial charge in [0.25, 0.3) is 0 Å². The minimum atomic E-state index is 0.762. The van der Waals surface area contributed by atoms with Crippen molar-refractivity contribution in [2.45, 2.75) is 24.8 Å². The summed E-state index contributed by atoms with van der Waals surface area (Å²) in [5.74, 6) is 1.78. The van der Waals surface area contributed by atoms with E-state index in [1.807, 2.05) is 31.3 Å². The molecule has 3 nitrogen and oxygen atoms in total. The van der Waals surface area contributed by atoms with Crippen LogP contribution >= 0.6 is 34.7 Å². The topological polar surface area (TPSA) is 30.7 Å². The van der Waals surface area contributed by atoms with E-state index in [2.05, 4.69) is 34.0 Å². The minimum Gasteiger partial charge on any atom is -0.305 e. The van der Waals surface area contributed by atoms with Gasteiger partial charge >= 0.3 is 0 Å². The van der Waals surface area contributed by atoms with Crippen LogP contribution in [0.1, 0.15) is 16.0 Å². The van der Waals surface area contributed by atoms with Crippen molar-refractivity contribution in [1.29, 1.82) is 0 Å². The summed E-state index contributed by atoms with van der Waals surface area (Å²) in [6.45, 7) is 4.27. The smallest absolute Gasteiger partial charge is 0.191 e. The molecule has 0 bridgehead atoms. The quantitative estimate of drug-likeness (QED) is 0.613. The fraction of sp³-hybridized carbons (Fsp3) is 0.250. The molecular weight excluding hydrogens is 334 g/mol. The van der Waals surface area contributed by atoms with Gasteiger partial charge in [-0.1, -0.05) is 35.5 Å². The highest BCUT2D eigenvalue weighted by Crippen LogP contribution is 2.31. The van der Waals surface area contributed by atoms with Crippen LogP contribution < -0.4 is 0 Å². The molecule has 3 aromatic rings. The number of nitrogens with zero attached hydrogens (tertiary/aromatic N) is 3. The first kappa shape index (κ1) is 15.6. The third kappa shape index (κ3) is 3.07. The second-order valence-corrected chi connectivity index (χ2v) is 7.57. The molecule has 3 rings (SSSR count). The molecule has 1 aromatic carbocycles. The molecule has 0 aliphatic heterocycles. The van der Waals surface area contributed by atoms with Crippen molar-refractivity contribution in [1.82, 2.24) is 14.8 Å². The van der Waals surface area contributed by atoms with Gasteiger partial charge in [-0.3, -0.25) is 0 Å². The molecule has 114 valence electrons. The maximum Gasteiger partial charge on any atom is 0.191 e. The van der Waals surface area contributed by atoms with E-state index in [1.165, 1.54) is 21.6 Å². The molecule has 2 heterocycles. The highest BCUT2D eigenvalue weighted by molar-refractivity contribution is 7.98. The third-order valence-corrected chi connectivity index (χ3v) is 6.00. The summed E-state index contributed by atoms with van der Waals surface area (Å²) in [4.78, 5) is 1.33. The molecule has 0 saturated heterocycles. The van der Waals surface area contributed by atoms with Gasteiger partial charge in [-0.25, -0.2) is 0 Å². The highest BCUT2D eigenvalue weighted by atomic mass is 35.5. The van der Waals surface area contributed by atoms with Crippen molar-refractivity contribution in [3.05, 3.63) is 50.7 Å². The van der Waals surface area contributed by atoms with Crippen LogP contribution in [0.2, 0.25) is 5.02 Å². The number of halogens is 1. The molecule has 0 aliphatic rings. The Morgan fingerprint density at radius 3 is 2.55 bits per heavy atom. The van der Waals surface area contributed by atoms with Crippen molar-refractivity contribution >= 4 is 34.7 Å². The Hall–Kier alpha value is -1.30. The fourth-order valence-electron chi connectivity index (χ4n) is 2.14. The summed E-state index contributed by atoms with van der Waals surface area (Å²) < 4.78 is 2.06. The Balaban J connectivity index is 1.79. The van der Waals surface area contributed by atoms with E-state index in [0.29, 0.717) is 0 Å². The van der Waals surface area contributed by atoms with Crippen LogP contribution in [0.15, 0.2) is 34.8 Å². The molecule has 0 atom stereocenters. The zero-order valence-corrected chi connectivity index (χ0v) is 15.0. The van der Waals surface area contributed by atoms with Gasteiger partial charge in [0.2, 0.25) is 0 Å². The molecule has 0 unspecified atom stereocenters. The molecule has 0 amide bonds. The Labute approximate surface area is 143 Å². The highest BCUT2D eigenvalue weighted by Gasteiger charge is 2.15. The van der Waals surface area contributed by atoms with Gasteiger partial charge in [-0.15, -0.1) is 21.5 Å². The number of thioether (sulfide) groups is 1. The molecule has 0 N–H and O–H groups in total. The lowest BCUT2D eigenvalue weighted by molar-refractivity contribution is 0.793. The number of aromatic nitrogens is 3. The average molecular weight is 350 g/mol. The second kappa shape index (κ2) is 6.44. The first-order valence-corrected chi connectivity index (χ1v) is 9.12. The molecule has 2 aromatic heterocycles. The first-order chi connectivity index (χ1) is 10.6. The summed E-state index contributed by atoms with van der Waals surface area (Å²) in [7, 11) is 2.02. The molecule has 0 aliphatic carbocycles. The molecule has 0 radical (unpaired) electrons. The van der Waals surface area contributed by atoms with Crippen LogP contribution in [0.5, 0.6) is 0 Å². The van der Waals surface area contributed by atoms with Gasteiger partial charge in [0.05, 0.1) is 0 Å². The van der Waals surface area contributed by atoms with Crippen molar-refractivity contribution in [2.24, 2.45) is 7.05 Å². The Bertz CT molecular complexity index is 790. The lowest BCUT2D eigenvalue weighted by atomic mass is 10.2. The van der Waals surface area contributed by atoms with Gasteiger partial charge < -0.3 is 4.57 Å². The van der Waals surface area contributed by atoms with Gasteiger partial charge in [0.1, 0.15) is 0 Å². The first-order valence-electron chi connectivity index (χ1n) is 6.88. The summed E-state index contributed by atoms with van der Waals surface area (Å²) in [5.41, 5.74) is 3.69. The number of thiophene rings is 1. The summed E-state index contributed by atoms with van der Waals surface area (Å²) >= 11 is 9.35. The van der Waals surface area contributed by atoms with Crippen LogP contribution in [0.4, 0.5) is 0 Å². The normalized spacial score (nSPS) is 11.1. The zero-order valence-electron chi connectivity index (χ0n) is 12.6. The van der Waals surface area contributed by atoms with E-state index < -0.39 is 0 Å². The Kier molecular flexibility index (Phi) is 4.57. The van der Waals surface area contributed by atoms with Gasteiger partial charge in [0.15, 0.2) is 11.0 Å². The van der Waals surface area contributed by atoms with Crippen molar-refractivity contribution in [3.63, 3.8) is 0 Å². The van der Waals surface area contributed by atoms with E-state index in [0.717, 1.165) is 21.8 Å². The molecule has 0 spiro atoms. The summed E-state index contributed by atoms with van der Waals surface area (Å²) in [6, 6.07) is 7.91. The molecule has 6 heteroatoms. The van der Waals surface area contributed by atoms with Crippen molar-refractivity contribution in [3.8, 4) is 11.4 Å². The monoisotopic (exact) mass is 349 g/mol. The van der Waals surface area contributed by atoms with Gasteiger partial charge in [-0.2, -0.15) is 0 Å². The third-order valence-electron chi connectivity index (χ3n) is 3.64. The lowest BCUT2D eigenvalue weighted by Gasteiger charge is -2.04. The van der Waals surface area contributed by atoms with Crippen molar-refractivity contribution in [2.75, 3.05) is 0 Å². The number of benzene rings is 1. The zero-order chi connectivity index (χ0) is 15.7. The van der Waals surface area contributed by atoms with Crippen LogP contribution in [0, 0.1) is 13.8 Å². The molecule has 22 heavy (non-hydrogen) atoms. The van der Waals surface area contributed by atoms with E-state index in [4.69, 9.17) is 11.6 Å². The summed E-state index contributed by atoms with van der Waals surface area (Å²) in [5, 5.41) is 12.5. The number of hydrogen-bond acceptors (Lipinski definition) is 4. The Morgan fingerprint density at radius 2 is 1.91 bits per heavy atom. The number of hydrogen-bond donors (Lipinski definition) is 0. The van der Waals surface area contributed by atoms with E-state index >= 15 is 0 Å². The number of aryl methyl sites for hydroxylation is 1. The van der Waals surface area contributed by atoms with Gasteiger partial charge in [0, 0.05) is 33.6 Å².